The van der Waals surface area contributed by atoms with Gasteiger partial charge in [-0.25, -0.2) is 4.39 Å². The molecule has 0 saturated carbocycles. The zero-order chi connectivity index (χ0) is 16.2. The SMILES string of the molecule is COC(c1ccccc1COc1ccc(F)cc1)C(F)(F)F. The van der Waals surface area contributed by atoms with Crippen LogP contribution in [0.5, 0.6) is 5.75 Å². The summed E-state index contributed by atoms with van der Waals surface area (Å²) in [6, 6.07) is 11.3. The van der Waals surface area contributed by atoms with Crippen molar-refractivity contribution in [1.29, 1.82) is 0 Å². The van der Waals surface area contributed by atoms with Gasteiger partial charge in [-0.3, -0.25) is 0 Å². The van der Waals surface area contributed by atoms with Gasteiger partial charge in [-0.2, -0.15) is 13.2 Å². The van der Waals surface area contributed by atoms with Crippen LogP contribution in [0.1, 0.15) is 17.2 Å². The monoisotopic (exact) mass is 314 g/mol. The van der Waals surface area contributed by atoms with Crippen molar-refractivity contribution < 1.29 is 27.0 Å². The molecule has 22 heavy (non-hydrogen) atoms. The number of alkyl halides is 3. The number of rotatable bonds is 5. The molecule has 2 aromatic rings. The molecule has 0 aliphatic carbocycles. The Morgan fingerprint density at radius 1 is 1.00 bits per heavy atom. The topological polar surface area (TPSA) is 18.5 Å². The normalized spacial score (nSPS) is 13.0. The van der Waals surface area contributed by atoms with Crippen LogP contribution in [-0.4, -0.2) is 13.3 Å². The number of methoxy groups -OCH3 is 1. The van der Waals surface area contributed by atoms with Crippen LogP contribution >= 0.6 is 0 Å². The molecule has 0 fully saturated rings. The molecule has 2 nitrogen and oxygen atoms in total. The van der Waals surface area contributed by atoms with E-state index in [-0.39, 0.29) is 12.2 Å². The van der Waals surface area contributed by atoms with Gasteiger partial charge in [0.2, 0.25) is 0 Å². The number of halogens is 4. The van der Waals surface area contributed by atoms with E-state index in [2.05, 4.69) is 4.74 Å². The number of hydrogen-bond donors (Lipinski definition) is 0. The first-order chi connectivity index (χ1) is 10.4. The van der Waals surface area contributed by atoms with Crippen molar-refractivity contribution in [3.8, 4) is 5.75 Å². The van der Waals surface area contributed by atoms with Gasteiger partial charge >= 0.3 is 6.18 Å². The molecule has 0 heterocycles. The van der Waals surface area contributed by atoms with E-state index in [0.717, 1.165) is 7.11 Å². The van der Waals surface area contributed by atoms with Crippen molar-refractivity contribution >= 4 is 0 Å². The van der Waals surface area contributed by atoms with Crippen LogP contribution in [0.4, 0.5) is 17.6 Å². The molecule has 118 valence electrons. The maximum atomic E-state index is 13.0. The molecule has 0 saturated heterocycles. The highest BCUT2D eigenvalue weighted by atomic mass is 19.4. The van der Waals surface area contributed by atoms with E-state index in [4.69, 9.17) is 4.74 Å². The van der Waals surface area contributed by atoms with E-state index in [1.807, 2.05) is 0 Å². The van der Waals surface area contributed by atoms with E-state index >= 15 is 0 Å². The summed E-state index contributed by atoms with van der Waals surface area (Å²) in [6.07, 6.45) is -6.53. The summed E-state index contributed by atoms with van der Waals surface area (Å²) < 4.78 is 61.7. The first-order valence-corrected chi connectivity index (χ1v) is 6.47. The summed E-state index contributed by atoms with van der Waals surface area (Å²) in [5.41, 5.74) is 0.357. The molecule has 0 spiro atoms. The van der Waals surface area contributed by atoms with Crippen LogP contribution in [-0.2, 0) is 11.3 Å². The molecule has 0 radical (unpaired) electrons. The quantitative estimate of drug-likeness (QED) is 0.748. The van der Waals surface area contributed by atoms with Gasteiger partial charge in [0.15, 0.2) is 6.10 Å². The van der Waals surface area contributed by atoms with Gasteiger partial charge in [0.25, 0.3) is 0 Å². The minimum atomic E-state index is -4.51. The Balaban J connectivity index is 2.19. The molecule has 2 aromatic carbocycles. The van der Waals surface area contributed by atoms with Gasteiger partial charge in [-0.1, -0.05) is 24.3 Å². The molecule has 2 rings (SSSR count). The third kappa shape index (κ3) is 3.98. The average molecular weight is 314 g/mol. The average Bonchev–Trinajstić information content (AvgIpc) is 2.47. The fourth-order valence-electron chi connectivity index (χ4n) is 2.05. The Hall–Kier alpha value is -2.08. The number of hydrogen-bond acceptors (Lipinski definition) is 2. The van der Waals surface area contributed by atoms with E-state index in [9.17, 15) is 17.6 Å². The lowest BCUT2D eigenvalue weighted by atomic mass is 10.0. The maximum absolute atomic E-state index is 13.0. The summed E-state index contributed by atoms with van der Waals surface area (Å²) in [4.78, 5) is 0. The van der Waals surface area contributed by atoms with Gasteiger partial charge in [0, 0.05) is 7.11 Å². The zero-order valence-corrected chi connectivity index (χ0v) is 11.7. The fourth-order valence-corrected chi connectivity index (χ4v) is 2.05. The van der Waals surface area contributed by atoms with Crippen LogP contribution in [0.3, 0.4) is 0 Å². The van der Waals surface area contributed by atoms with Crippen LogP contribution < -0.4 is 4.74 Å². The van der Waals surface area contributed by atoms with Crippen molar-refractivity contribution in [3.63, 3.8) is 0 Å². The highest BCUT2D eigenvalue weighted by molar-refractivity contribution is 5.31. The van der Waals surface area contributed by atoms with Gasteiger partial charge in [-0.05, 0) is 35.4 Å². The summed E-state index contributed by atoms with van der Waals surface area (Å²) in [7, 11) is 1.01. The van der Waals surface area contributed by atoms with Crippen molar-refractivity contribution in [1.82, 2.24) is 0 Å². The minimum Gasteiger partial charge on any atom is -0.489 e. The van der Waals surface area contributed by atoms with Crippen LogP contribution in [0.15, 0.2) is 48.5 Å². The second-order valence-electron chi connectivity index (χ2n) is 4.60. The van der Waals surface area contributed by atoms with Gasteiger partial charge < -0.3 is 9.47 Å². The second-order valence-corrected chi connectivity index (χ2v) is 4.60. The molecular formula is C16H14F4O2. The Labute approximate surface area is 125 Å². The third-order valence-corrected chi connectivity index (χ3v) is 3.08. The third-order valence-electron chi connectivity index (χ3n) is 3.08. The Morgan fingerprint density at radius 2 is 1.64 bits per heavy atom. The van der Waals surface area contributed by atoms with Crippen LogP contribution in [0, 0.1) is 5.82 Å². The van der Waals surface area contributed by atoms with Gasteiger partial charge in [0.05, 0.1) is 0 Å². The molecule has 1 unspecified atom stereocenters. The first kappa shape index (κ1) is 16.3. The van der Waals surface area contributed by atoms with E-state index in [1.54, 1.807) is 6.07 Å². The highest BCUT2D eigenvalue weighted by Gasteiger charge is 2.42. The first-order valence-electron chi connectivity index (χ1n) is 6.47. The summed E-state index contributed by atoms with van der Waals surface area (Å²) in [6.45, 7) is -0.0717. The molecule has 0 aromatic heterocycles. The molecule has 0 aliphatic heterocycles. The lowest BCUT2D eigenvalue weighted by Gasteiger charge is -2.21. The summed E-state index contributed by atoms with van der Waals surface area (Å²) in [5, 5.41) is 0. The largest absolute Gasteiger partial charge is 0.489 e. The summed E-state index contributed by atoms with van der Waals surface area (Å²) >= 11 is 0. The van der Waals surface area contributed by atoms with Crippen LogP contribution in [0.25, 0.3) is 0 Å². The Morgan fingerprint density at radius 3 is 2.23 bits per heavy atom. The molecule has 6 heteroatoms. The van der Waals surface area contributed by atoms with Gasteiger partial charge in [0.1, 0.15) is 18.2 Å². The standard InChI is InChI=1S/C16H14F4O2/c1-21-15(16(18,19)20)14-5-3-2-4-11(14)10-22-13-8-6-12(17)7-9-13/h2-9,15H,10H2,1H3. The van der Waals surface area contributed by atoms with Crippen molar-refractivity contribution in [2.24, 2.45) is 0 Å². The van der Waals surface area contributed by atoms with E-state index in [0.29, 0.717) is 11.3 Å². The molecular weight excluding hydrogens is 300 g/mol. The smallest absolute Gasteiger partial charge is 0.418 e. The fraction of sp³-hybridized carbons (Fsp3) is 0.250. The number of benzene rings is 2. The van der Waals surface area contributed by atoms with Crippen molar-refractivity contribution in [2.45, 2.75) is 18.9 Å². The predicted octanol–water partition coefficient (Wildman–Crippen LogP) is 4.65. The predicted molar refractivity (Wildman–Crippen MR) is 73.0 cm³/mol. The molecule has 0 bridgehead atoms. The number of ether oxygens (including phenoxy) is 2. The van der Waals surface area contributed by atoms with E-state index in [1.165, 1.54) is 42.5 Å². The Kier molecular flexibility index (Phi) is 5.03. The molecule has 0 amide bonds. The molecule has 1 atom stereocenters. The molecule has 0 aliphatic rings. The van der Waals surface area contributed by atoms with Crippen LogP contribution in [0.2, 0.25) is 0 Å². The summed E-state index contributed by atoms with van der Waals surface area (Å²) in [5.74, 6) is -0.0403. The molecule has 0 N–H and O–H groups in total. The van der Waals surface area contributed by atoms with Gasteiger partial charge in [-0.15, -0.1) is 0 Å². The van der Waals surface area contributed by atoms with Crippen molar-refractivity contribution in [2.75, 3.05) is 7.11 Å². The van der Waals surface area contributed by atoms with E-state index < -0.39 is 18.1 Å². The lowest BCUT2D eigenvalue weighted by Crippen LogP contribution is -2.23. The second kappa shape index (κ2) is 6.79. The van der Waals surface area contributed by atoms with Crippen molar-refractivity contribution in [3.05, 3.63) is 65.5 Å². The maximum Gasteiger partial charge on any atom is 0.418 e. The lowest BCUT2D eigenvalue weighted by molar-refractivity contribution is -0.216. The zero-order valence-electron chi connectivity index (χ0n) is 11.7. The Bertz CT molecular complexity index is 608. The highest BCUT2D eigenvalue weighted by Crippen LogP contribution is 2.37. The minimum absolute atomic E-state index is 0.000360.